The minimum absolute atomic E-state index is 0.0668. The minimum atomic E-state index is -0.735. The van der Waals surface area contributed by atoms with E-state index < -0.39 is 15.5 Å². The van der Waals surface area contributed by atoms with E-state index in [1.54, 1.807) is 0 Å². The molecule has 1 amide bonds. The van der Waals surface area contributed by atoms with Gasteiger partial charge in [0.15, 0.2) is 0 Å². The van der Waals surface area contributed by atoms with Crippen LogP contribution >= 0.6 is 12.6 Å². The standard InChI is InChI=1S/C10H9N3O5S/c14-10-4-7(19)5-11(10)8-2-1-6(12(15)16)3-9(8)13(17)18/h1-3,7,19H,4-5H2. The third-order valence-electron chi connectivity index (χ3n) is 2.76. The van der Waals surface area contributed by atoms with Crippen LogP contribution in [0.4, 0.5) is 17.1 Å². The number of hydrogen-bond donors (Lipinski definition) is 1. The number of anilines is 1. The Balaban J connectivity index is 2.48. The van der Waals surface area contributed by atoms with Crippen molar-refractivity contribution >= 4 is 35.6 Å². The third-order valence-corrected chi connectivity index (χ3v) is 3.11. The topological polar surface area (TPSA) is 107 Å². The molecule has 1 atom stereocenters. The number of amides is 1. The van der Waals surface area contributed by atoms with E-state index in [0.29, 0.717) is 0 Å². The zero-order chi connectivity index (χ0) is 14.2. The number of carbonyl (C=O) groups excluding carboxylic acids is 1. The Morgan fingerprint density at radius 1 is 1.26 bits per heavy atom. The molecule has 1 saturated heterocycles. The van der Waals surface area contributed by atoms with Crippen molar-refractivity contribution in [2.75, 3.05) is 11.4 Å². The first-order valence-electron chi connectivity index (χ1n) is 5.31. The summed E-state index contributed by atoms with van der Waals surface area (Å²) in [7, 11) is 0. The molecule has 0 bridgehead atoms. The summed E-state index contributed by atoms with van der Waals surface area (Å²) >= 11 is 4.16. The molecule has 9 heteroatoms. The highest BCUT2D eigenvalue weighted by Gasteiger charge is 2.33. The molecule has 0 saturated carbocycles. The average Bonchev–Trinajstić information content (AvgIpc) is 2.67. The summed E-state index contributed by atoms with van der Waals surface area (Å²) in [6.07, 6.45) is 0.192. The summed E-state index contributed by atoms with van der Waals surface area (Å²) in [6.45, 7) is 0.251. The fraction of sp³-hybridized carbons (Fsp3) is 0.300. The van der Waals surface area contributed by atoms with Crippen molar-refractivity contribution in [3.63, 3.8) is 0 Å². The number of nitro groups is 2. The molecule has 1 heterocycles. The zero-order valence-corrected chi connectivity index (χ0v) is 10.4. The maximum Gasteiger partial charge on any atom is 0.299 e. The first kappa shape index (κ1) is 13.3. The zero-order valence-electron chi connectivity index (χ0n) is 9.55. The highest BCUT2D eigenvalue weighted by Crippen LogP contribution is 2.34. The Morgan fingerprint density at radius 2 is 1.95 bits per heavy atom. The van der Waals surface area contributed by atoms with Gasteiger partial charge in [0.1, 0.15) is 5.69 Å². The second-order valence-electron chi connectivity index (χ2n) is 4.05. The maximum absolute atomic E-state index is 11.7. The Bertz CT molecular complexity index is 576. The van der Waals surface area contributed by atoms with Crippen LogP contribution in [0.3, 0.4) is 0 Å². The molecule has 19 heavy (non-hydrogen) atoms. The van der Waals surface area contributed by atoms with E-state index in [-0.39, 0.29) is 35.5 Å². The number of nitro benzene ring substituents is 2. The highest BCUT2D eigenvalue weighted by molar-refractivity contribution is 7.81. The fourth-order valence-electron chi connectivity index (χ4n) is 1.92. The van der Waals surface area contributed by atoms with Crippen LogP contribution in [0.1, 0.15) is 6.42 Å². The van der Waals surface area contributed by atoms with E-state index in [9.17, 15) is 25.0 Å². The van der Waals surface area contributed by atoms with Crippen molar-refractivity contribution in [1.29, 1.82) is 0 Å². The molecule has 1 aliphatic rings. The van der Waals surface area contributed by atoms with E-state index in [0.717, 1.165) is 12.1 Å². The molecule has 0 radical (unpaired) electrons. The number of non-ortho nitro benzene ring substituents is 1. The van der Waals surface area contributed by atoms with Crippen LogP contribution in [0.5, 0.6) is 0 Å². The summed E-state index contributed by atoms with van der Waals surface area (Å²) in [6, 6.07) is 3.22. The summed E-state index contributed by atoms with van der Waals surface area (Å²) in [5.41, 5.74) is -0.772. The molecule has 1 aromatic carbocycles. The van der Waals surface area contributed by atoms with Gasteiger partial charge in [-0.3, -0.25) is 25.0 Å². The van der Waals surface area contributed by atoms with Gasteiger partial charge < -0.3 is 4.90 Å². The molecule has 1 aromatic rings. The molecule has 1 fully saturated rings. The molecule has 1 aliphatic heterocycles. The summed E-state index contributed by atoms with van der Waals surface area (Å²) in [4.78, 5) is 33.1. The second kappa shape index (κ2) is 4.84. The lowest BCUT2D eigenvalue weighted by Gasteiger charge is -2.15. The van der Waals surface area contributed by atoms with E-state index in [2.05, 4.69) is 12.6 Å². The molecular formula is C10H9N3O5S. The van der Waals surface area contributed by atoms with Crippen molar-refractivity contribution in [2.24, 2.45) is 0 Å². The number of rotatable bonds is 3. The van der Waals surface area contributed by atoms with Gasteiger partial charge in [-0.2, -0.15) is 12.6 Å². The smallest absolute Gasteiger partial charge is 0.299 e. The lowest BCUT2D eigenvalue weighted by Crippen LogP contribution is -2.25. The lowest BCUT2D eigenvalue weighted by molar-refractivity contribution is -0.393. The Morgan fingerprint density at radius 3 is 2.42 bits per heavy atom. The third kappa shape index (κ3) is 2.50. The minimum Gasteiger partial charge on any atom is -0.305 e. The average molecular weight is 283 g/mol. The highest BCUT2D eigenvalue weighted by atomic mass is 32.1. The predicted octanol–water partition coefficient (Wildman–Crippen LogP) is 1.54. The Hall–Kier alpha value is -2.16. The first-order chi connectivity index (χ1) is 8.90. The van der Waals surface area contributed by atoms with Crippen LogP contribution in [0.2, 0.25) is 0 Å². The molecule has 2 rings (SSSR count). The largest absolute Gasteiger partial charge is 0.305 e. The van der Waals surface area contributed by atoms with Gasteiger partial charge in [0.2, 0.25) is 5.91 Å². The van der Waals surface area contributed by atoms with Crippen LogP contribution in [0, 0.1) is 20.2 Å². The van der Waals surface area contributed by atoms with E-state index >= 15 is 0 Å². The van der Waals surface area contributed by atoms with Gasteiger partial charge in [-0.05, 0) is 6.07 Å². The molecular weight excluding hydrogens is 274 g/mol. The molecule has 0 aliphatic carbocycles. The normalized spacial score (nSPS) is 18.7. The van der Waals surface area contributed by atoms with Gasteiger partial charge in [0, 0.05) is 24.3 Å². The quantitative estimate of drug-likeness (QED) is 0.514. The van der Waals surface area contributed by atoms with Gasteiger partial charge in [0.25, 0.3) is 11.4 Å². The molecule has 0 aromatic heterocycles. The maximum atomic E-state index is 11.7. The molecule has 0 N–H and O–H groups in total. The Kier molecular flexibility index (Phi) is 3.38. The lowest BCUT2D eigenvalue weighted by atomic mass is 10.2. The van der Waals surface area contributed by atoms with Crippen molar-refractivity contribution in [3.05, 3.63) is 38.4 Å². The van der Waals surface area contributed by atoms with Crippen LogP contribution in [0.15, 0.2) is 18.2 Å². The molecule has 1 unspecified atom stereocenters. The van der Waals surface area contributed by atoms with Crippen molar-refractivity contribution in [2.45, 2.75) is 11.7 Å². The number of carbonyl (C=O) groups is 1. The summed E-state index contributed by atoms with van der Waals surface area (Å²) < 4.78 is 0. The summed E-state index contributed by atoms with van der Waals surface area (Å²) in [5, 5.41) is 21.4. The fourth-order valence-corrected chi connectivity index (χ4v) is 2.24. The molecule has 8 nitrogen and oxygen atoms in total. The number of nitrogens with zero attached hydrogens (tertiary/aromatic N) is 3. The van der Waals surface area contributed by atoms with Gasteiger partial charge >= 0.3 is 0 Å². The van der Waals surface area contributed by atoms with Crippen LogP contribution < -0.4 is 4.90 Å². The molecule has 0 spiro atoms. The second-order valence-corrected chi connectivity index (χ2v) is 4.78. The van der Waals surface area contributed by atoms with Crippen molar-refractivity contribution in [1.82, 2.24) is 0 Å². The Labute approximate surface area is 112 Å². The van der Waals surface area contributed by atoms with E-state index in [1.807, 2.05) is 0 Å². The van der Waals surface area contributed by atoms with Crippen LogP contribution in [0.25, 0.3) is 0 Å². The van der Waals surface area contributed by atoms with E-state index in [4.69, 9.17) is 0 Å². The summed E-state index contributed by atoms with van der Waals surface area (Å²) in [5.74, 6) is -0.281. The van der Waals surface area contributed by atoms with Crippen molar-refractivity contribution < 1.29 is 14.6 Å². The van der Waals surface area contributed by atoms with E-state index in [1.165, 1.54) is 11.0 Å². The van der Waals surface area contributed by atoms with Crippen LogP contribution in [-0.4, -0.2) is 27.5 Å². The first-order valence-corrected chi connectivity index (χ1v) is 5.83. The van der Waals surface area contributed by atoms with Crippen LogP contribution in [-0.2, 0) is 4.79 Å². The number of thiol groups is 1. The van der Waals surface area contributed by atoms with Gasteiger partial charge in [-0.15, -0.1) is 0 Å². The van der Waals surface area contributed by atoms with Gasteiger partial charge in [-0.25, -0.2) is 0 Å². The number of hydrogen-bond acceptors (Lipinski definition) is 6. The monoisotopic (exact) mass is 283 g/mol. The number of benzene rings is 1. The molecule has 100 valence electrons. The van der Waals surface area contributed by atoms with Crippen molar-refractivity contribution in [3.8, 4) is 0 Å². The predicted molar refractivity (Wildman–Crippen MR) is 69.5 cm³/mol. The van der Waals surface area contributed by atoms with Gasteiger partial charge in [0.05, 0.1) is 15.9 Å². The SMILES string of the molecule is O=C1CC(S)CN1c1ccc([N+](=O)[O-])cc1[N+](=O)[O-]. The van der Waals surface area contributed by atoms with Gasteiger partial charge in [-0.1, -0.05) is 0 Å².